The molecule has 1 aliphatic heterocycles. The summed E-state index contributed by atoms with van der Waals surface area (Å²) in [5.74, 6) is 0.0622. The van der Waals surface area contributed by atoms with E-state index in [2.05, 4.69) is 10.6 Å². The lowest BCUT2D eigenvalue weighted by molar-refractivity contribution is 0.0709. The maximum Gasteiger partial charge on any atom is 0.319 e. The van der Waals surface area contributed by atoms with E-state index >= 15 is 0 Å². The molecule has 5 nitrogen and oxygen atoms in total. The van der Waals surface area contributed by atoms with Crippen LogP contribution in [0.3, 0.4) is 0 Å². The predicted molar refractivity (Wildman–Crippen MR) is 98.7 cm³/mol. The van der Waals surface area contributed by atoms with Gasteiger partial charge in [-0.15, -0.1) is 0 Å². The highest BCUT2D eigenvalue weighted by atomic mass is 16.2. The Hall–Kier alpha value is -2.82. The van der Waals surface area contributed by atoms with Crippen molar-refractivity contribution in [3.05, 3.63) is 65.7 Å². The molecule has 2 N–H and O–H groups in total. The first-order chi connectivity index (χ1) is 12.1. The van der Waals surface area contributed by atoms with Crippen LogP contribution in [0.5, 0.6) is 0 Å². The van der Waals surface area contributed by atoms with Crippen molar-refractivity contribution in [3.63, 3.8) is 0 Å². The van der Waals surface area contributed by atoms with Gasteiger partial charge in [-0.3, -0.25) is 4.79 Å². The summed E-state index contributed by atoms with van der Waals surface area (Å²) >= 11 is 0. The predicted octanol–water partition coefficient (Wildman–Crippen LogP) is 3.42. The molecule has 0 radical (unpaired) electrons. The fraction of sp³-hybridized carbons (Fsp3) is 0.300. The van der Waals surface area contributed by atoms with Gasteiger partial charge in [-0.25, -0.2) is 4.79 Å². The van der Waals surface area contributed by atoms with Crippen molar-refractivity contribution >= 4 is 17.6 Å². The minimum Gasteiger partial charge on any atom is -0.338 e. The van der Waals surface area contributed by atoms with E-state index < -0.39 is 0 Å². The molecule has 0 bridgehead atoms. The Morgan fingerprint density at radius 3 is 2.24 bits per heavy atom. The van der Waals surface area contributed by atoms with E-state index in [1.807, 2.05) is 66.4 Å². The van der Waals surface area contributed by atoms with E-state index in [1.165, 1.54) is 0 Å². The number of likely N-dealkylation sites (tertiary alicyclic amines) is 1. The summed E-state index contributed by atoms with van der Waals surface area (Å²) < 4.78 is 0. The summed E-state index contributed by atoms with van der Waals surface area (Å²) in [4.78, 5) is 26.4. The second kappa shape index (κ2) is 7.83. The summed E-state index contributed by atoms with van der Waals surface area (Å²) in [5, 5.41) is 5.81. The van der Waals surface area contributed by atoms with Gasteiger partial charge in [-0.2, -0.15) is 0 Å². The van der Waals surface area contributed by atoms with Crippen LogP contribution in [0, 0.1) is 6.92 Å². The summed E-state index contributed by atoms with van der Waals surface area (Å²) in [7, 11) is 0. The molecule has 3 rings (SSSR count). The molecule has 0 unspecified atom stereocenters. The molecule has 2 aromatic carbocycles. The van der Waals surface area contributed by atoms with Gasteiger partial charge < -0.3 is 15.5 Å². The topological polar surface area (TPSA) is 61.4 Å². The van der Waals surface area contributed by atoms with Crippen LogP contribution < -0.4 is 10.6 Å². The van der Waals surface area contributed by atoms with Crippen molar-refractivity contribution < 1.29 is 9.59 Å². The van der Waals surface area contributed by atoms with E-state index in [4.69, 9.17) is 0 Å². The molecule has 25 heavy (non-hydrogen) atoms. The Balaban J connectivity index is 1.47. The molecule has 130 valence electrons. The largest absolute Gasteiger partial charge is 0.338 e. The van der Waals surface area contributed by atoms with E-state index in [9.17, 15) is 9.59 Å². The second-order valence-electron chi connectivity index (χ2n) is 6.40. The van der Waals surface area contributed by atoms with Crippen molar-refractivity contribution in [2.75, 3.05) is 18.4 Å². The van der Waals surface area contributed by atoms with Crippen LogP contribution in [0.25, 0.3) is 0 Å². The zero-order valence-electron chi connectivity index (χ0n) is 14.4. The van der Waals surface area contributed by atoms with Crippen molar-refractivity contribution in [2.45, 2.75) is 25.8 Å². The zero-order valence-corrected chi connectivity index (χ0v) is 14.4. The number of nitrogens with one attached hydrogen (secondary N) is 2. The average molecular weight is 337 g/mol. The maximum atomic E-state index is 12.5. The molecule has 1 saturated heterocycles. The first kappa shape index (κ1) is 17.0. The van der Waals surface area contributed by atoms with Crippen molar-refractivity contribution in [2.24, 2.45) is 0 Å². The Morgan fingerprint density at radius 1 is 0.960 bits per heavy atom. The Morgan fingerprint density at radius 2 is 1.60 bits per heavy atom. The lowest BCUT2D eigenvalue weighted by atomic mass is 10.0. The third-order valence-electron chi connectivity index (χ3n) is 4.45. The van der Waals surface area contributed by atoms with Gasteiger partial charge >= 0.3 is 6.03 Å². The fourth-order valence-electron chi connectivity index (χ4n) is 2.98. The van der Waals surface area contributed by atoms with Gasteiger partial charge in [0.1, 0.15) is 0 Å². The summed E-state index contributed by atoms with van der Waals surface area (Å²) in [6.45, 7) is 3.32. The van der Waals surface area contributed by atoms with E-state index in [0.29, 0.717) is 13.1 Å². The van der Waals surface area contributed by atoms with Gasteiger partial charge in [-0.05, 0) is 44.0 Å². The van der Waals surface area contributed by atoms with Gasteiger partial charge in [0, 0.05) is 30.4 Å². The van der Waals surface area contributed by atoms with Crippen LogP contribution >= 0.6 is 0 Å². The van der Waals surface area contributed by atoms with E-state index in [1.54, 1.807) is 0 Å². The molecule has 3 amide bonds. The number of carbonyl (C=O) groups excluding carboxylic acids is 2. The van der Waals surface area contributed by atoms with E-state index in [0.717, 1.165) is 29.7 Å². The number of benzene rings is 2. The molecule has 5 heteroatoms. The molecule has 0 atom stereocenters. The Kier molecular flexibility index (Phi) is 5.33. The standard InChI is InChI=1S/C20H23N3O2/c1-15-7-9-16(10-8-15)19(24)23-13-11-18(12-14-23)22-20(25)21-17-5-3-2-4-6-17/h2-10,18H,11-14H2,1H3,(H2,21,22,25). The highest BCUT2D eigenvalue weighted by Gasteiger charge is 2.24. The number of anilines is 1. The van der Waals surface area contributed by atoms with Gasteiger partial charge in [0.15, 0.2) is 0 Å². The number of urea groups is 1. The molecule has 0 aliphatic carbocycles. The monoisotopic (exact) mass is 337 g/mol. The summed E-state index contributed by atoms with van der Waals surface area (Å²) in [5.41, 5.74) is 2.63. The normalized spacial score (nSPS) is 14.8. The van der Waals surface area contributed by atoms with Gasteiger partial charge in [0.2, 0.25) is 0 Å². The van der Waals surface area contributed by atoms with Crippen LogP contribution in [0.1, 0.15) is 28.8 Å². The third-order valence-corrected chi connectivity index (χ3v) is 4.45. The molecule has 0 spiro atoms. The van der Waals surface area contributed by atoms with Crippen molar-refractivity contribution in [3.8, 4) is 0 Å². The first-order valence-corrected chi connectivity index (χ1v) is 8.60. The highest BCUT2D eigenvalue weighted by Crippen LogP contribution is 2.15. The number of para-hydroxylation sites is 1. The van der Waals surface area contributed by atoms with E-state index in [-0.39, 0.29) is 18.0 Å². The fourth-order valence-corrected chi connectivity index (χ4v) is 2.98. The van der Waals surface area contributed by atoms with Gasteiger partial charge in [0.25, 0.3) is 5.91 Å². The highest BCUT2D eigenvalue weighted by molar-refractivity contribution is 5.94. The number of carbonyl (C=O) groups is 2. The minimum absolute atomic E-state index is 0.0622. The van der Waals surface area contributed by atoms with Gasteiger partial charge in [0.05, 0.1) is 0 Å². The summed E-state index contributed by atoms with van der Waals surface area (Å²) in [6, 6.07) is 16.9. The summed E-state index contributed by atoms with van der Waals surface area (Å²) in [6.07, 6.45) is 1.53. The Bertz CT molecular complexity index is 720. The second-order valence-corrected chi connectivity index (χ2v) is 6.40. The lowest BCUT2D eigenvalue weighted by Gasteiger charge is -2.32. The minimum atomic E-state index is -0.200. The zero-order chi connectivity index (χ0) is 17.6. The molecular weight excluding hydrogens is 314 g/mol. The number of rotatable bonds is 3. The molecule has 1 heterocycles. The third kappa shape index (κ3) is 4.59. The Labute approximate surface area is 148 Å². The molecule has 2 aromatic rings. The van der Waals surface area contributed by atoms with Crippen LogP contribution in [-0.2, 0) is 0 Å². The van der Waals surface area contributed by atoms with Gasteiger partial charge in [-0.1, -0.05) is 35.9 Å². The van der Waals surface area contributed by atoms with Crippen LogP contribution in [-0.4, -0.2) is 36.0 Å². The number of hydrogen-bond acceptors (Lipinski definition) is 2. The molecule has 0 aromatic heterocycles. The SMILES string of the molecule is Cc1ccc(C(=O)N2CCC(NC(=O)Nc3ccccc3)CC2)cc1. The lowest BCUT2D eigenvalue weighted by Crippen LogP contribution is -2.47. The smallest absolute Gasteiger partial charge is 0.319 e. The number of amides is 3. The average Bonchev–Trinajstić information content (AvgIpc) is 2.63. The quantitative estimate of drug-likeness (QED) is 0.901. The first-order valence-electron chi connectivity index (χ1n) is 8.60. The van der Waals surface area contributed by atoms with Crippen LogP contribution in [0.2, 0.25) is 0 Å². The maximum absolute atomic E-state index is 12.5. The number of piperidine rings is 1. The van der Waals surface area contributed by atoms with Crippen LogP contribution in [0.4, 0.5) is 10.5 Å². The molecule has 0 saturated carbocycles. The molecule has 1 aliphatic rings. The van der Waals surface area contributed by atoms with Crippen molar-refractivity contribution in [1.29, 1.82) is 0 Å². The number of nitrogens with zero attached hydrogens (tertiary/aromatic N) is 1. The van der Waals surface area contributed by atoms with Crippen molar-refractivity contribution in [1.82, 2.24) is 10.2 Å². The number of aryl methyl sites for hydroxylation is 1. The molecular formula is C20H23N3O2. The van der Waals surface area contributed by atoms with Crippen LogP contribution in [0.15, 0.2) is 54.6 Å². The molecule has 1 fully saturated rings. The number of hydrogen-bond donors (Lipinski definition) is 2.